The normalized spacial score (nSPS) is 9.91. The Hall–Kier alpha value is -2.06. The number of hydrogen-bond acceptors (Lipinski definition) is 5. The standard InChI is InChI=1S/C14H13BrN2O4S/c1-20-9-2-4-10(5-3-9)21-8-13(18)16-17-14(19)11-6-7-12(15)22-11/h2-7H,8H2,1H3,(H,16,18)(H,17,19). The summed E-state index contributed by atoms with van der Waals surface area (Å²) in [6.07, 6.45) is 0. The Bertz CT molecular complexity index is 657. The smallest absolute Gasteiger partial charge is 0.279 e. The largest absolute Gasteiger partial charge is 0.497 e. The molecule has 116 valence electrons. The monoisotopic (exact) mass is 384 g/mol. The summed E-state index contributed by atoms with van der Waals surface area (Å²) in [6, 6.07) is 10.2. The summed E-state index contributed by atoms with van der Waals surface area (Å²) in [5.74, 6) is 0.393. The zero-order valence-corrected chi connectivity index (χ0v) is 14.0. The van der Waals surface area contributed by atoms with Crippen LogP contribution in [0.25, 0.3) is 0 Å². The minimum atomic E-state index is -0.459. The van der Waals surface area contributed by atoms with Crippen LogP contribution < -0.4 is 20.3 Å². The SMILES string of the molecule is COc1ccc(OCC(=O)NNC(=O)c2ccc(Br)s2)cc1. The summed E-state index contributed by atoms with van der Waals surface area (Å²) in [6.45, 7) is -0.208. The highest BCUT2D eigenvalue weighted by Crippen LogP contribution is 2.21. The molecule has 2 amide bonds. The van der Waals surface area contributed by atoms with Gasteiger partial charge >= 0.3 is 0 Å². The van der Waals surface area contributed by atoms with Gasteiger partial charge in [0.2, 0.25) is 0 Å². The second-order valence-corrected chi connectivity index (χ2v) is 6.53. The first-order valence-corrected chi connectivity index (χ1v) is 7.81. The summed E-state index contributed by atoms with van der Waals surface area (Å²) in [7, 11) is 1.57. The Kier molecular flexibility index (Phi) is 5.79. The molecule has 2 N–H and O–H groups in total. The number of halogens is 1. The minimum Gasteiger partial charge on any atom is -0.497 e. The molecule has 1 heterocycles. The van der Waals surface area contributed by atoms with Gasteiger partial charge in [-0.15, -0.1) is 11.3 Å². The highest BCUT2D eigenvalue weighted by atomic mass is 79.9. The van der Waals surface area contributed by atoms with E-state index in [1.54, 1.807) is 43.5 Å². The van der Waals surface area contributed by atoms with Crippen molar-refractivity contribution in [2.45, 2.75) is 0 Å². The molecule has 8 heteroatoms. The number of thiophene rings is 1. The van der Waals surface area contributed by atoms with Gasteiger partial charge in [-0.1, -0.05) is 0 Å². The van der Waals surface area contributed by atoms with Crippen molar-refractivity contribution in [3.63, 3.8) is 0 Å². The molecule has 6 nitrogen and oxygen atoms in total. The van der Waals surface area contributed by atoms with E-state index in [4.69, 9.17) is 9.47 Å². The van der Waals surface area contributed by atoms with Crippen LogP contribution in [-0.2, 0) is 4.79 Å². The second kappa shape index (κ2) is 7.81. The number of rotatable bonds is 5. The molecule has 0 unspecified atom stereocenters. The maximum Gasteiger partial charge on any atom is 0.279 e. The number of methoxy groups -OCH3 is 1. The Morgan fingerprint density at radius 2 is 1.77 bits per heavy atom. The molecular weight excluding hydrogens is 372 g/mol. The Morgan fingerprint density at radius 3 is 2.36 bits per heavy atom. The van der Waals surface area contributed by atoms with Gasteiger partial charge in [0.15, 0.2) is 6.61 Å². The number of hydrogen-bond donors (Lipinski definition) is 2. The predicted molar refractivity (Wildman–Crippen MR) is 86.1 cm³/mol. The van der Waals surface area contributed by atoms with E-state index < -0.39 is 5.91 Å². The summed E-state index contributed by atoms with van der Waals surface area (Å²) < 4.78 is 11.1. The number of carbonyl (C=O) groups excluding carboxylic acids is 2. The van der Waals surface area contributed by atoms with E-state index in [9.17, 15) is 9.59 Å². The molecule has 0 aliphatic heterocycles. The van der Waals surface area contributed by atoms with E-state index in [1.165, 1.54) is 11.3 Å². The number of nitrogens with one attached hydrogen (secondary N) is 2. The lowest BCUT2D eigenvalue weighted by Gasteiger charge is -2.08. The lowest BCUT2D eigenvalue weighted by atomic mass is 10.3. The van der Waals surface area contributed by atoms with Gasteiger partial charge in [-0.3, -0.25) is 20.4 Å². The molecule has 2 aromatic rings. The average molecular weight is 385 g/mol. The number of benzene rings is 1. The Balaban J connectivity index is 1.74. The third-order valence-corrected chi connectivity index (χ3v) is 4.16. The molecule has 0 radical (unpaired) electrons. The van der Waals surface area contributed by atoms with Crippen LogP contribution in [0.2, 0.25) is 0 Å². The van der Waals surface area contributed by atoms with Crippen LogP contribution >= 0.6 is 27.3 Å². The van der Waals surface area contributed by atoms with Gasteiger partial charge in [0.1, 0.15) is 11.5 Å². The molecule has 0 fully saturated rings. The van der Waals surface area contributed by atoms with Gasteiger partial charge in [-0.2, -0.15) is 0 Å². The molecular formula is C14H13BrN2O4S. The van der Waals surface area contributed by atoms with Crippen molar-refractivity contribution in [2.75, 3.05) is 13.7 Å². The van der Waals surface area contributed by atoms with Gasteiger partial charge in [0.05, 0.1) is 15.8 Å². The highest BCUT2D eigenvalue weighted by Gasteiger charge is 2.10. The van der Waals surface area contributed by atoms with Crippen LogP contribution in [-0.4, -0.2) is 25.5 Å². The van der Waals surface area contributed by atoms with Gasteiger partial charge in [-0.25, -0.2) is 0 Å². The molecule has 0 saturated carbocycles. The summed E-state index contributed by atoms with van der Waals surface area (Å²) in [5.41, 5.74) is 4.60. The number of carbonyl (C=O) groups is 2. The third-order valence-electron chi connectivity index (χ3n) is 2.54. The van der Waals surface area contributed by atoms with Crippen LogP contribution in [0.15, 0.2) is 40.2 Å². The molecule has 0 aliphatic rings. The third kappa shape index (κ3) is 4.74. The van der Waals surface area contributed by atoms with Crippen molar-refractivity contribution in [3.8, 4) is 11.5 Å². The van der Waals surface area contributed by atoms with Crippen LogP contribution in [0.4, 0.5) is 0 Å². The van der Waals surface area contributed by atoms with Crippen molar-refractivity contribution < 1.29 is 19.1 Å². The summed E-state index contributed by atoms with van der Waals surface area (Å²) >= 11 is 4.54. The first kappa shape index (κ1) is 16.3. The van der Waals surface area contributed by atoms with Crippen LogP contribution in [0.5, 0.6) is 11.5 Å². The topological polar surface area (TPSA) is 76.7 Å². The van der Waals surface area contributed by atoms with E-state index in [2.05, 4.69) is 26.8 Å². The number of ether oxygens (including phenoxy) is 2. The van der Waals surface area contributed by atoms with E-state index in [-0.39, 0.29) is 12.5 Å². The van der Waals surface area contributed by atoms with E-state index in [0.717, 1.165) is 3.79 Å². The first-order chi connectivity index (χ1) is 10.6. The Morgan fingerprint density at radius 1 is 1.09 bits per heavy atom. The van der Waals surface area contributed by atoms with Crippen molar-refractivity contribution in [1.29, 1.82) is 0 Å². The molecule has 0 saturated heterocycles. The molecule has 22 heavy (non-hydrogen) atoms. The molecule has 0 bridgehead atoms. The minimum absolute atomic E-state index is 0.208. The molecule has 2 rings (SSSR count). The van der Waals surface area contributed by atoms with Gasteiger partial charge in [0, 0.05) is 0 Å². The maximum atomic E-state index is 11.7. The summed E-state index contributed by atoms with van der Waals surface area (Å²) in [4.78, 5) is 23.8. The van der Waals surface area contributed by atoms with Crippen LogP contribution in [0, 0.1) is 0 Å². The van der Waals surface area contributed by atoms with Crippen molar-refractivity contribution in [1.82, 2.24) is 10.9 Å². The zero-order chi connectivity index (χ0) is 15.9. The van der Waals surface area contributed by atoms with Crippen molar-refractivity contribution in [2.24, 2.45) is 0 Å². The molecule has 1 aromatic carbocycles. The molecule has 1 aromatic heterocycles. The van der Waals surface area contributed by atoms with E-state index in [1.807, 2.05) is 0 Å². The fraction of sp³-hybridized carbons (Fsp3) is 0.143. The first-order valence-electron chi connectivity index (χ1n) is 6.20. The molecule has 0 aliphatic carbocycles. The Labute approximate surface area is 139 Å². The maximum absolute atomic E-state index is 11.7. The van der Waals surface area contributed by atoms with E-state index in [0.29, 0.717) is 16.4 Å². The highest BCUT2D eigenvalue weighted by molar-refractivity contribution is 9.11. The lowest BCUT2D eigenvalue weighted by Crippen LogP contribution is -2.43. The van der Waals surface area contributed by atoms with Crippen molar-refractivity contribution >= 4 is 39.1 Å². The zero-order valence-electron chi connectivity index (χ0n) is 11.6. The van der Waals surface area contributed by atoms with E-state index >= 15 is 0 Å². The van der Waals surface area contributed by atoms with Crippen LogP contribution in [0.1, 0.15) is 9.67 Å². The van der Waals surface area contributed by atoms with Crippen LogP contribution in [0.3, 0.4) is 0 Å². The lowest BCUT2D eigenvalue weighted by molar-refractivity contribution is -0.123. The number of hydrazine groups is 1. The number of amides is 2. The van der Waals surface area contributed by atoms with Gasteiger partial charge < -0.3 is 9.47 Å². The quantitative estimate of drug-likeness (QED) is 0.775. The predicted octanol–water partition coefficient (Wildman–Crippen LogP) is 2.36. The molecule has 0 atom stereocenters. The average Bonchev–Trinajstić information content (AvgIpc) is 2.97. The van der Waals surface area contributed by atoms with Crippen molar-refractivity contribution in [3.05, 3.63) is 45.1 Å². The second-order valence-electron chi connectivity index (χ2n) is 4.07. The summed E-state index contributed by atoms with van der Waals surface area (Å²) in [5, 5.41) is 0. The fourth-order valence-electron chi connectivity index (χ4n) is 1.48. The fourth-order valence-corrected chi connectivity index (χ4v) is 2.76. The molecule has 0 spiro atoms. The van der Waals surface area contributed by atoms with Gasteiger partial charge in [0.25, 0.3) is 11.8 Å². The van der Waals surface area contributed by atoms with Gasteiger partial charge in [-0.05, 0) is 52.3 Å².